The molecular formula is C30H23ClN6. The zero-order valence-corrected chi connectivity index (χ0v) is 20.5. The Kier molecular flexibility index (Phi) is 7.01. The SMILES string of the molecule is NC(=Nc1ccc(-c2cc(Cl)cc(-c3cccc(N=C(N)c4ccccn4)c3)c2)cc1)c1ccccn1. The quantitative estimate of drug-likeness (QED) is 0.203. The molecule has 6 nitrogen and oxygen atoms in total. The number of aromatic nitrogens is 2. The molecule has 0 saturated heterocycles. The molecule has 37 heavy (non-hydrogen) atoms. The molecule has 2 aromatic heterocycles. The van der Waals surface area contributed by atoms with Crippen molar-refractivity contribution in [1.29, 1.82) is 0 Å². The van der Waals surface area contributed by atoms with Gasteiger partial charge in [0, 0.05) is 17.4 Å². The molecule has 4 N–H and O–H groups in total. The highest BCUT2D eigenvalue weighted by Crippen LogP contribution is 2.32. The summed E-state index contributed by atoms with van der Waals surface area (Å²) >= 11 is 6.52. The van der Waals surface area contributed by atoms with Gasteiger partial charge < -0.3 is 11.5 Å². The van der Waals surface area contributed by atoms with Gasteiger partial charge in [-0.1, -0.05) is 48.0 Å². The molecule has 0 fully saturated rings. The first kappa shape index (κ1) is 23.9. The van der Waals surface area contributed by atoms with E-state index in [4.69, 9.17) is 23.1 Å². The van der Waals surface area contributed by atoms with Crippen LogP contribution < -0.4 is 11.5 Å². The maximum Gasteiger partial charge on any atom is 0.150 e. The molecule has 0 aliphatic rings. The zero-order chi connectivity index (χ0) is 25.6. The topological polar surface area (TPSA) is 103 Å². The van der Waals surface area contributed by atoms with Gasteiger partial charge in [-0.3, -0.25) is 9.97 Å². The van der Waals surface area contributed by atoms with Gasteiger partial charge in [-0.05, 0) is 89.0 Å². The second-order valence-corrected chi connectivity index (χ2v) is 8.69. The predicted molar refractivity (Wildman–Crippen MR) is 152 cm³/mol. The third kappa shape index (κ3) is 5.89. The first-order valence-electron chi connectivity index (χ1n) is 11.6. The molecule has 0 spiro atoms. The van der Waals surface area contributed by atoms with Crippen LogP contribution in [0.25, 0.3) is 22.3 Å². The lowest BCUT2D eigenvalue weighted by molar-refractivity contribution is 1.27. The van der Waals surface area contributed by atoms with Crippen molar-refractivity contribution in [3.63, 3.8) is 0 Å². The Morgan fingerprint density at radius 2 is 1.14 bits per heavy atom. The number of rotatable bonds is 6. The van der Waals surface area contributed by atoms with Crippen LogP contribution in [-0.4, -0.2) is 21.6 Å². The first-order chi connectivity index (χ1) is 18.0. The fourth-order valence-electron chi connectivity index (χ4n) is 3.83. The van der Waals surface area contributed by atoms with Gasteiger partial charge in [-0.2, -0.15) is 0 Å². The molecule has 3 aromatic carbocycles. The van der Waals surface area contributed by atoms with E-state index < -0.39 is 0 Å². The Labute approximate surface area is 220 Å². The van der Waals surface area contributed by atoms with Crippen LogP contribution >= 0.6 is 11.6 Å². The highest BCUT2D eigenvalue weighted by molar-refractivity contribution is 6.31. The van der Waals surface area contributed by atoms with Crippen molar-refractivity contribution in [2.75, 3.05) is 0 Å². The van der Waals surface area contributed by atoms with E-state index in [1.165, 1.54) is 0 Å². The largest absolute Gasteiger partial charge is 0.382 e. The Morgan fingerprint density at radius 1 is 0.541 bits per heavy atom. The molecule has 7 heteroatoms. The number of hydrogen-bond donors (Lipinski definition) is 2. The van der Waals surface area contributed by atoms with Crippen molar-refractivity contribution >= 4 is 34.6 Å². The lowest BCUT2D eigenvalue weighted by Gasteiger charge is -2.09. The zero-order valence-electron chi connectivity index (χ0n) is 19.8. The summed E-state index contributed by atoms with van der Waals surface area (Å²) < 4.78 is 0. The fraction of sp³-hybridized carbons (Fsp3) is 0. The van der Waals surface area contributed by atoms with Gasteiger partial charge in [-0.25, -0.2) is 9.98 Å². The van der Waals surface area contributed by atoms with Gasteiger partial charge in [0.05, 0.1) is 11.4 Å². The van der Waals surface area contributed by atoms with Crippen LogP contribution in [0.5, 0.6) is 0 Å². The second-order valence-electron chi connectivity index (χ2n) is 8.25. The average Bonchev–Trinajstić information content (AvgIpc) is 2.94. The molecule has 0 saturated carbocycles. The van der Waals surface area contributed by atoms with Gasteiger partial charge in [-0.15, -0.1) is 0 Å². The summed E-state index contributed by atoms with van der Waals surface area (Å²) in [6.07, 6.45) is 3.38. The lowest BCUT2D eigenvalue weighted by atomic mass is 9.98. The number of halogens is 1. The molecule has 0 aliphatic carbocycles. The van der Waals surface area contributed by atoms with Crippen LogP contribution in [0, 0.1) is 0 Å². The minimum Gasteiger partial charge on any atom is -0.382 e. The van der Waals surface area contributed by atoms with Gasteiger partial charge >= 0.3 is 0 Å². The minimum absolute atomic E-state index is 0.357. The van der Waals surface area contributed by atoms with Crippen LogP contribution in [-0.2, 0) is 0 Å². The third-order valence-electron chi connectivity index (χ3n) is 5.63. The Bertz CT molecular complexity index is 1580. The molecule has 2 heterocycles. The molecule has 0 bridgehead atoms. The maximum absolute atomic E-state index is 6.52. The predicted octanol–water partition coefficient (Wildman–Crippen LogP) is 6.54. The van der Waals surface area contributed by atoms with Gasteiger partial charge in [0.1, 0.15) is 23.1 Å². The highest BCUT2D eigenvalue weighted by Gasteiger charge is 2.07. The van der Waals surface area contributed by atoms with E-state index in [9.17, 15) is 0 Å². The van der Waals surface area contributed by atoms with E-state index in [2.05, 4.69) is 26.0 Å². The molecule has 0 radical (unpaired) electrons. The van der Waals surface area contributed by atoms with Crippen LogP contribution in [0.15, 0.2) is 126 Å². The molecule has 0 amide bonds. The standard InChI is InChI=1S/C30H23ClN6/c31-24-17-22(20-10-12-25(13-11-20)36-29(32)27-8-1-3-14-34-27)16-23(18-24)21-6-5-7-26(19-21)37-30(33)28-9-2-4-15-35-28/h1-19H,(H2,32,36)(H2,33,37). The first-order valence-corrected chi connectivity index (χ1v) is 12.0. The van der Waals surface area contributed by atoms with Crippen molar-refractivity contribution in [3.8, 4) is 22.3 Å². The number of nitrogens with two attached hydrogens (primary N) is 2. The number of benzene rings is 3. The molecular weight excluding hydrogens is 480 g/mol. The fourth-order valence-corrected chi connectivity index (χ4v) is 4.06. The Balaban J connectivity index is 1.42. The summed E-state index contributed by atoms with van der Waals surface area (Å²) in [4.78, 5) is 17.5. The highest BCUT2D eigenvalue weighted by atomic mass is 35.5. The molecule has 0 unspecified atom stereocenters. The van der Waals surface area contributed by atoms with Gasteiger partial charge in [0.2, 0.25) is 0 Å². The number of hydrogen-bond acceptors (Lipinski definition) is 4. The van der Waals surface area contributed by atoms with Crippen molar-refractivity contribution < 1.29 is 0 Å². The summed E-state index contributed by atoms with van der Waals surface area (Å²) in [6.45, 7) is 0. The number of pyridine rings is 2. The van der Waals surface area contributed by atoms with E-state index in [-0.39, 0.29) is 0 Å². The van der Waals surface area contributed by atoms with Crippen LogP contribution in [0.2, 0.25) is 5.02 Å². The Hall–Kier alpha value is -4.81. The van der Waals surface area contributed by atoms with E-state index in [1.54, 1.807) is 12.4 Å². The summed E-state index contributed by atoms with van der Waals surface area (Å²) in [7, 11) is 0. The number of aliphatic imine (C=N–C) groups is 2. The molecule has 180 valence electrons. The second kappa shape index (κ2) is 10.8. The monoisotopic (exact) mass is 502 g/mol. The van der Waals surface area contributed by atoms with E-state index in [1.807, 2.05) is 97.1 Å². The molecule has 0 aliphatic heterocycles. The minimum atomic E-state index is 0.357. The molecule has 5 aromatic rings. The maximum atomic E-state index is 6.52. The van der Waals surface area contributed by atoms with Crippen LogP contribution in [0.1, 0.15) is 11.4 Å². The van der Waals surface area contributed by atoms with Crippen molar-refractivity contribution in [2.24, 2.45) is 21.5 Å². The summed E-state index contributed by atoms with van der Waals surface area (Å²) in [5, 5.41) is 0.635. The molecule has 0 atom stereocenters. The molecule has 5 rings (SSSR count). The van der Waals surface area contributed by atoms with Gasteiger partial charge in [0.25, 0.3) is 0 Å². The number of amidine groups is 2. The van der Waals surface area contributed by atoms with E-state index in [0.717, 1.165) is 33.6 Å². The normalized spacial score (nSPS) is 11.9. The summed E-state index contributed by atoms with van der Waals surface area (Å²) in [5.74, 6) is 0.723. The van der Waals surface area contributed by atoms with Crippen LogP contribution in [0.3, 0.4) is 0 Å². The van der Waals surface area contributed by atoms with Crippen molar-refractivity contribution in [1.82, 2.24) is 9.97 Å². The lowest BCUT2D eigenvalue weighted by Crippen LogP contribution is -2.14. The average molecular weight is 503 g/mol. The van der Waals surface area contributed by atoms with Crippen LogP contribution in [0.4, 0.5) is 11.4 Å². The summed E-state index contributed by atoms with van der Waals surface area (Å²) in [6, 6.07) is 32.7. The third-order valence-corrected chi connectivity index (χ3v) is 5.85. The van der Waals surface area contributed by atoms with Crippen molar-refractivity contribution in [3.05, 3.63) is 132 Å². The van der Waals surface area contributed by atoms with Gasteiger partial charge in [0.15, 0.2) is 0 Å². The van der Waals surface area contributed by atoms with E-state index >= 15 is 0 Å². The summed E-state index contributed by atoms with van der Waals surface area (Å²) in [5.41, 5.74) is 18.9. The Morgan fingerprint density at radius 3 is 1.73 bits per heavy atom. The smallest absolute Gasteiger partial charge is 0.150 e. The number of nitrogens with zero attached hydrogens (tertiary/aromatic N) is 4. The van der Waals surface area contributed by atoms with E-state index in [0.29, 0.717) is 28.1 Å². The van der Waals surface area contributed by atoms with Crippen molar-refractivity contribution in [2.45, 2.75) is 0 Å².